The molecular formula is C17H17ClN4. The number of halogens is 1. The molecular weight excluding hydrogens is 296 g/mol. The highest BCUT2D eigenvalue weighted by Gasteiger charge is 2.15. The van der Waals surface area contributed by atoms with Crippen molar-refractivity contribution >= 4 is 17.3 Å². The fraction of sp³-hybridized carbons (Fsp3) is 0.118. The van der Waals surface area contributed by atoms with Gasteiger partial charge in [0.15, 0.2) is 0 Å². The number of para-hydroxylation sites is 1. The summed E-state index contributed by atoms with van der Waals surface area (Å²) in [7, 11) is 0. The van der Waals surface area contributed by atoms with Crippen LogP contribution in [0.5, 0.6) is 0 Å². The van der Waals surface area contributed by atoms with E-state index < -0.39 is 0 Å². The number of anilines is 1. The van der Waals surface area contributed by atoms with Crippen molar-refractivity contribution in [2.24, 2.45) is 5.73 Å². The first kappa shape index (κ1) is 14.6. The van der Waals surface area contributed by atoms with Crippen LogP contribution in [-0.2, 0) is 0 Å². The van der Waals surface area contributed by atoms with Crippen molar-refractivity contribution in [1.29, 1.82) is 0 Å². The Morgan fingerprint density at radius 3 is 2.50 bits per heavy atom. The Morgan fingerprint density at radius 2 is 1.77 bits per heavy atom. The number of rotatable bonds is 5. The Bertz CT molecular complexity index is 752. The molecule has 0 bridgehead atoms. The van der Waals surface area contributed by atoms with Gasteiger partial charge in [-0.25, -0.2) is 4.68 Å². The molecule has 0 aliphatic carbocycles. The van der Waals surface area contributed by atoms with E-state index in [0.29, 0.717) is 18.1 Å². The lowest BCUT2D eigenvalue weighted by Crippen LogP contribution is -2.13. The molecule has 2 aromatic carbocycles. The van der Waals surface area contributed by atoms with Crippen LogP contribution in [-0.4, -0.2) is 22.9 Å². The van der Waals surface area contributed by atoms with E-state index in [1.165, 1.54) is 0 Å². The average molecular weight is 313 g/mol. The minimum atomic E-state index is 0.561. The first-order valence-corrected chi connectivity index (χ1v) is 7.51. The zero-order valence-corrected chi connectivity index (χ0v) is 12.8. The quantitative estimate of drug-likeness (QED) is 0.757. The lowest BCUT2D eigenvalue weighted by Gasteiger charge is -2.12. The van der Waals surface area contributed by atoms with E-state index in [4.69, 9.17) is 17.3 Å². The smallest absolute Gasteiger partial charge is 0.0973 e. The maximum absolute atomic E-state index is 6.33. The lowest BCUT2D eigenvalue weighted by atomic mass is 10.1. The van der Waals surface area contributed by atoms with Gasteiger partial charge in [-0.3, -0.25) is 0 Å². The summed E-state index contributed by atoms with van der Waals surface area (Å²) in [6.07, 6.45) is 1.81. The zero-order chi connectivity index (χ0) is 15.4. The van der Waals surface area contributed by atoms with Crippen molar-refractivity contribution in [2.75, 3.05) is 18.4 Å². The summed E-state index contributed by atoms with van der Waals surface area (Å²) in [6.45, 7) is 1.25. The van der Waals surface area contributed by atoms with Gasteiger partial charge in [-0.05, 0) is 12.1 Å². The maximum Gasteiger partial charge on any atom is 0.0973 e. The third-order valence-electron chi connectivity index (χ3n) is 3.36. The van der Waals surface area contributed by atoms with Gasteiger partial charge in [0.25, 0.3) is 0 Å². The summed E-state index contributed by atoms with van der Waals surface area (Å²) < 4.78 is 1.86. The van der Waals surface area contributed by atoms with Crippen molar-refractivity contribution in [3.05, 3.63) is 65.8 Å². The van der Waals surface area contributed by atoms with Crippen LogP contribution in [0.4, 0.5) is 5.69 Å². The fourth-order valence-electron chi connectivity index (χ4n) is 2.36. The summed E-state index contributed by atoms with van der Waals surface area (Å²) in [5.41, 5.74) is 9.43. The van der Waals surface area contributed by atoms with E-state index in [1.807, 2.05) is 47.1 Å². The molecule has 0 aliphatic rings. The number of hydrogen-bond donors (Lipinski definition) is 2. The Morgan fingerprint density at radius 1 is 1.05 bits per heavy atom. The molecule has 0 aliphatic heterocycles. The van der Waals surface area contributed by atoms with Crippen LogP contribution in [0.3, 0.4) is 0 Å². The lowest BCUT2D eigenvalue weighted by molar-refractivity contribution is 0.888. The van der Waals surface area contributed by atoms with Gasteiger partial charge in [-0.2, -0.15) is 5.10 Å². The predicted octanol–water partition coefficient (Wildman–Crippen LogP) is 3.56. The Balaban J connectivity index is 2.15. The summed E-state index contributed by atoms with van der Waals surface area (Å²) in [5.74, 6) is 0. The summed E-state index contributed by atoms with van der Waals surface area (Å²) in [6, 6.07) is 17.8. The molecule has 5 heteroatoms. The van der Waals surface area contributed by atoms with Gasteiger partial charge in [-0.15, -0.1) is 0 Å². The molecule has 1 aromatic heterocycles. The summed E-state index contributed by atoms with van der Waals surface area (Å²) in [4.78, 5) is 0. The zero-order valence-electron chi connectivity index (χ0n) is 12.0. The summed E-state index contributed by atoms with van der Waals surface area (Å²) in [5, 5.41) is 8.49. The molecule has 3 N–H and O–H groups in total. The number of nitrogens with zero attached hydrogens (tertiary/aromatic N) is 2. The van der Waals surface area contributed by atoms with Crippen LogP contribution < -0.4 is 11.1 Å². The third-order valence-corrected chi connectivity index (χ3v) is 3.68. The van der Waals surface area contributed by atoms with Crippen LogP contribution in [0.15, 0.2) is 60.8 Å². The van der Waals surface area contributed by atoms with Crippen molar-refractivity contribution in [3.8, 4) is 16.9 Å². The van der Waals surface area contributed by atoms with Gasteiger partial charge in [0.2, 0.25) is 0 Å². The highest BCUT2D eigenvalue weighted by atomic mass is 35.5. The van der Waals surface area contributed by atoms with Gasteiger partial charge < -0.3 is 11.1 Å². The number of benzene rings is 2. The molecule has 0 fully saturated rings. The molecule has 0 saturated heterocycles. The highest BCUT2D eigenvalue weighted by Crippen LogP contribution is 2.32. The first-order chi connectivity index (χ1) is 10.8. The molecule has 3 aromatic rings. The van der Waals surface area contributed by atoms with Gasteiger partial charge in [0, 0.05) is 18.7 Å². The largest absolute Gasteiger partial charge is 0.381 e. The molecule has 0 spiro atoms. The first-order valence-electron chi connectivity index (χ1n) is 7.13. The van der Waals surface area contributed by atoms with E-state index in [0.717, 1.165) is 22.6 Å². The van der Waals surface area contributed by atoms with E-state index in [2.05, 4.69) is 22.5 Å². The van der Waals surface area contributed by atoms with Gasteiger partial charge in [0.1, 0.15) is 0 Å². The molecule has 112 valence electrons. The Hall–Kier alpha value is -2.30. The van der Waals surface area contributed by atoms with E-state index in [1.54, 1.807) is 6.20 Å². The molecule has 0 saturated carbocycles. The monoisotopic (exact) mass is 312 g/mol. The molecule has 0 atom stereocenters. The van der Waals surface area contributed by atoms with E-state index in [9.17, 15) is 0 Å². The number of nitrogens with one attached hydrogen (secondary N) is 1. The molecule has 0 amide bonds. The number of nitrogens with two attached hydrogens (primary N) is 1. The van der Waals surface area contributed by atoms with Crippen molar-refractivity contribution in [3.63, 3.8) is 0 Å². The van der Waals surface area contributed by atoms with Gasteiger partial charge in [0.05, 0.1) is 28.3 Å². The standard InChI is InChI=1S/C17H17ClN4/c18-14-8-4-5-9-16(14)22-17(13-6-2-1-3-7-13)15(12-21-22)20-11-10-19/h1-9,12,20H,10-11,19H2. The Labute approximate surface area is 134 Å². The topological polar surface area (TPSA) is 55.9 Å². The second kappa shape index (κ2) is 6.64. The van der Waals surface area contributed by atoms with Crippen LogP contribution in [0.2, 0.25) is 5.02 Å². The molecule has 1 heterocycles. The minimum absolute atomic E-state index is 0.561. The van der Waals surface area contributed by atoms with Crippen molar-refractivity contribution in [2.45, 2.75) is 0 Å². The van der Waals surface area contributed by atoms with Crippen LogP contribution in [0.25, 0.3) is 16.9 Å². The second-order valence-corrected chi connectivity index (χ2v) is 5.26. The SMILES string of the molecule is NCCNc1cnn(-c2ccccc2Cl)c1-c1ccccc1. The van der Waals surface area contributed by atoms with Crippen LogP contribution in [0.1, 0.15) is 0 Å². The van der Waals surface area contributed by atoms with Crippen molar-refractivity contribution < 1.29 is 0 Å². The second-order valence-electron chi connectivity index (χ2n) is 4.85. The average Bonchev–Trinajstić information content (AvgIpc) is 2.98. The molecule has 22 heavy (non-hydrogen) atoms. The highest BCUT2D eigenvalue weighted by molar-refractivity contribution is 6.32. The fourth-order valence-corrected chi connectivity index (χ4v) is 2.58. The summed E-state index contributed by atoms with van der Waals surface area (Å²) >= 11 is 6.33. The molecule has 3 rings (SSSR count). The normalized spacial score (nSPS) is 10.6. The third kappa shape index (κ3) is 2.84. The molecule has 4 nitrogen and oxygen atoms in total. The van der Waals surface area contributed by atoms with Gasteiger partial charge >= 0.3 is 0 Å². The number of aromatic nitrogens is 2. The predicted molar refractivity (Wildman–Crippen MR) is 91.6 cm³/mol. The van der Waals surface area contributed by atoms with Crippen LogP contribution in [0, 0.1) is 0 Å². The minimum Gasteiger partial charge on any atom is -0.381 e. The molecule has 0 radical (unpaired) electrons. The Kier molecular flexibility index (Phi) is 4.42. The number of hydrogen-bond acceptors (Lipinski definition) is 3. The van der Waals surface area contributed by atoms with E-state index in [-0.39, 0.29) is 0 Å². The van der Waals surface area contributed by atoms with E-state index >= 15 is 0 Å². The molecule has 0 unspecified atom stereocenters. The maximum atomic E-state index is 6.33. The van der Waals surface area contributed by atoms with Crippen LogP contribution >= 0.6 is 11.6 Å². The van der Waals surface area contributed by atoms with Gasteiger partial charge in [-0.1, -0.05) is 54.1 Å². The van der Waals surface area contributed by atoms with Crippen molar-refractivity contribution in [1.82, 2.24) is 9.78 Å².